The molecule has 1 saturated heterocycles. The number of nitrogens with one attached hydrogen (secondary N) is 1. The van der Waals surface area contributed by atoms with Crippen molar-refractivity contribution in [3.63, 3.8) is 0 Å². The summed E-state index contributed by atoms with van der Waals surface area (Å²) in [5.74, 6) is 0.234. The minimum absolute atomic E-state index is 0.0664. The number of hydrogen-bond donors (Lipinski definition) is 1. The van der Waals surface area contributed by atoms with Crippen molar-refractivity contribution in [2.45, 2.75) is 25.3 Å². The fourth-order valence-electron chi connectivity index (χ4n) is 2.53. The van der Waals surface area contributed by atoms with Crippen molar-refractivity contribution in [2.24, 2.45) is 12.5 Å². The molecule has 4 nitrogen and oxygen atoms in total. The molecule has 4 heteroatoms. The van der Waals surface area contributed by atoms with Crippen molar-refractivity contribution in [1.82, 2.24) is 15.1 Å². The quantitative estimate of drug-likeness (QED) is 0.666. The number of carbonyl (C=O) groups excluding carboxylic acids is 1. The average molecular weight is 191 g/mol. The predicted octanol–water partition coefficient (Wildman–Crippen LogP) is 0.761. The van der Waals surface area contributed by atoms with Gasteiger partial charge in [0.15, 0.2) is 0 Å². The second-order valence-corrected chi connectivity index (χ2v) is 4.36. The van der Waals surface area contributed by atoms with Gasteiger partial charge in [0.25, 0.3) is 0 Å². The van der Waals surface area contributed by atoms with Crippen molar-refractivity contribution in [3.05, 3.63) is 18.0 Å². The minimum Gasteiger partial charge on any atom is -0.348 e. The zero-order valence-electron chi connectivity index (χ0n) is 8.16. The monoisotopic (exact) mass is 191 g/mol. The van der Waals surface area contributed by atoms with E-state index in [0.29, 0.717) is 0 Å². The summed E-state index contributed by atoms with van der Waals surface area (Å²) in [5.41, 5.74) is 1.08. The molecule has 1 aliphatic heterocycles. The highest BCUT2D eigenvalue weighted by atomic mass is 16.2. The Kier molecular flexibility index (Phi) is 1.36. The highest BCUT2D eigenvalue weighted by Gasteiger charge is 2.59. The summed E-state index contributed by atoms with van der Waals surface area (Å²) in [6, 6.07) is 0.220. The van der Waals surface area contributed by atoms with Crippen molar-refractivity contribution < 1.29 is 4.79 Å². The van der Waals surface area contributed by atoms with E-state index in [2.05, 4.69) is 10.4 Å². The second kappa shape index (κ2) is 2.38. The highest BCUT2D eigenvalue weighted by molar-refractivity contribution is 5.91. The van der Waals surface area contributed by atoms with Crippen LogP contribution in [0.4, 0.5) is 0 Å². The Morgan fingerprint density at radius 1 is 1.64 bits per heavy atom. The third-order valence-electron chi connectivity index (χ3n) is 3.58. The summed E-state index contributed by atoms with van der Waals surface area (Å²) in [6.07, 6.45) is 7.11. The maximum absolute atomic E-state index is 11.5. The van der Waals surface area contributed by atoms with E-state index in [1.54, 1.807) is 4.68 Å². The molecular weight excluding hydrogens is 178 g/mol. The van der Waals surface area contributed by atoms with Crippen LogP contribution >= 0.6 is 0 Å². The Bertz CT molecular complexity index is 392. The molecule has 1 saturated carbocycles. The molecule has 1 amide bonds. The molecule has 1 aromatic heterocycles. The summed E-state index contributed by atoms with van der Waals surface area (Å²) >= 11 is 0. The van der Waals surface area contributed by atoms with Gasteiger partial charge >= 0.3 is 0 Å². The van der Waals surface area contributed by atoms with Crippen molar-refractivity contribution in [2.75, 3.05) is 0 Å². The molecule has 0 aromatic carbocycles. The van der Waals surface area contributed by atoms with Gasteiger partial charge in [-0.05, 0) is 12.8 Å². The van der Waals surface area contributed by atoms with Crippen LogP contribution in [0.2, 0.25) is 0 Å². The van der Waals surface area contributed by atoms with E-state index in [4.69, 9.17) is 0 Å². The number of aromatic nitrogens is 2. The number of rotatable bonds is 1. The first kappa shape index (κ1) is 8.03. The van der Waals surface area contributed by atoms with Crippen LogP contribution in [0.15, 0.2) is 12.4 Å². The zero-order chi connectivity index (χ0) is 9.76. The molecule has 2 heterocycles. The van der Waals surface area contributed by atoms with E-state index in [1.807, 2.05) is 19.4 Å². The first-order valence-electron chi connectivity index (χ1n) is 5.02. The van der Waals surface area contributed by atoms with E-state index in [1.165, 1.54) is 6.42 Å². The molecule has 14 heavy (non-hydrogen) atoms. The van der Waals surface area contributed by atoms with Gasteiger partial charge in [0, 0.05) is 18.8 Å². The SMILES string of the molecule is Cn1cc([C@@H]2NC(=O)C23CCC3)cn1. The maximum Gasteiger partial charge on any atom is 0.229 e. The van der Waals surface area contributed by atoms with E-state index in [9.17, 15) is 4.79 Å². The molecule has 1 atom stereocenters. The van der Waals surface area contributed by atoms with Gasteiger partial charge < -0.3 is 5.32 Å². The Hall–Kier alpha value is -1.32. The number of β-lactam (4-membered cyclic amide) rings is 1. The van der Waals surface area contributed by atoms with Gasteiger partial charge in [-0.1, -0.05) is 6.42 Å². The van der Waals surface area contributed by atoms with Gasteiger partial charge in [-0.15, -0.1) is 0 Å². The number of amides is 1. The van der Waals surface area contributed by atoms with Gasteiger partial charge in [-0.3, -0.25) is 9.48 Å². The number of aryl methyl sites for hydroxylation is 1. The van der Waals surface area contributed by atoms with E-state index in [0.717, 1.165) is 18.4 Å². The molecular formula is C10H13N3O. The Morgan fingerprint density at radius 2 is 2.43 bits per heavy atom. The Morgan fingerprint density at radius 3 is 2.86 bits per heavy atom. The number of nitrogens with zero attached hydrogens (tertiary/aromatic N) is 2. The molecule has 3 rings (SSSR count). The second-order valence-electron chi connectivity index (χ2n) is 4.36. The summed E-state index contributed by atoms with van der Waals surface area (Å²) in [6.45, 7) is 0. The lowest BCUT2D eigenvalue weighted by atomic mass is 9.57. The smallest absolute Gasteiger partial charge is 0.229 e. The summed E-state index contributed by atoms with van der Waals surface area (Å²) < 4.78 is 1.78. The maximum atomic E-state index is 11.5. The lowest BCUT2D eigenvalue weighted by Crippen LogP contribution is -2.64. The highest BCUT2D eigenvalue weighted by Crippen LogP contribution is 2.55. The van der Waals surface area contributed by atoms with Crippen LogP contribution in [0.5, 0.6) is 0 Å². The third kappa shape index (κ3) is 0.786. The molecule has 74 valence electrons. The fourth-order valence-corrected chi connectivity index (χ4v) is 2.53. The largest absolute Gasteiger partial charge is 0.348 e. The van der Waals surface area contributed by atoms with E-state index in [-0.39, 0.29) is 17.4 Å². The van der Waals surface area contributed by atoms with Crippen LogP contribution in [0.3, 0.4) is 0 Å². The normalized spacial score (nSPS) is 28.1. The summed E-state index contributed by atoms with van der Waals surface area (Å²) in [5, 5.41) is 7.11. The van der Waals surface area contributed by atoms with Gasteiger partial charge in [-0.2, -0.15) is 5.10 Å². The molecule has 1 spiro atoms. The van der Waals surface area contributed by atoms with Crippen LogP contribution in [-0.2, 0) is 11.8 Å². The zero-order valence-corrected chi connectivity index (χ0v) is 8.16. The van der Waals surface area contributed by atoms with Crippen LogP contribution in [0.25, 0.3) is 0 Å². The average Bonchev–Trinajstić information content (AvgIpc) is 2.44. The van der Waals surface area contributed by atoms with Gasteiger partial charge in [0.1, 0.15) is 0 Å². The van der Waals surface area contributed by atoms with Crippen molar-refractivity contribution in [1.29, 1.82) is 0 Å². The minimum atomic E-state index is -0.0664. The summed E-state index contributed by atoms with van der Waals surface area (Å²) in [7, 11) is 1.90. The van der Waals surface area contributed by atoms with E-state index >= 15 is 0 Å². The van der Waals surface area contributed by atoms with Gasteiger partial charge in [0.2, 0.25) is 5.91 Å². The molecule has 0 radical (unpaired) electrons. The first-order valence-corrected chi connectivity index (χ1v) is 5.02. The lowest BCUT2D eigenvalue weighted by molar-refractivity contribution is -0.155. The van der Waals surface area contributed by atoms with Crippen LogP contribution in [0, 0.1) is 5.41 Å². The fraction of sp³-hybridized carbons (Fsp3) is 0.600. The summed E-state index contributed by atoms with van der Waals surface area (Å²) in [4.78, 5) is 11.5. The van der Waals surface area contributed by atoms with Crippen LogP contribution in [0.1, 0.15) is 30.9 Å². The van der Waals surface area contributed by atoms with Gasteiger partial charge in [0.05, 0.1) is 17.7 Å². The topological polar surface area (TPSA) is 46.9 Å². The van der Waals surface area contributed by atoms with Crippen molar-refractivity contribution in [3.8, 4) is 0 Å². The van der Waals surface area contributed by atoms with Crippen LogP contribution < -0.4 is 5.32 Å². The molecule has 0 unspecified atom stereocenters. The van der Waals surface area contributed by atoms with Gasteiger partial charge in [-0.25, -0.2) is 0 Å². The molecule has 1 aromatic rings. The first-order chi connectivity index (χ1) is 6.72. The number of carbonyl (C=O) groups is 1. The third-order valence-corrected chi connectivity index (χ3v) is 3.58. The standard InChI is InChI=1S/C10H13N3O/c1-13-6-7(5-11-13)8-10(3-2-4-10)9(14)12-8/h5-6,8H,2-4H2,1H3,(H,12,14)/t8-/m0/s1. The molecule has 1 aliphatic carbocycles. The predicted molar refractivity (Wildman–Crippen MR) is 50.4 cm³/mol. The molecule has 2 aliphatic rings. The Labute approximate surface area is 82.3 Å². The van der Waals surface area contributed by atoms with E-state index < -0.39 is 0 Å². The molecule has 1 N–H and O–H groups in total. The number of hydrogen-bond acceptors (Lipinski definition) is 2. The molecule has 2 fully saturated rings. The van der Waals surface area contributed by atoms with Crippen LogP contribution in [-0.4, -0.2) is 15.7 Å². The molecule has 0 bridgehead atoms. The lowest BCUT2D eigenvalue weighted by Gasteiger charge is -2.54. The van der Waals surface area contributed by atoms with Crippen molar-refractivity contribution >= 4 is 5.91 Å². The Balaban J connectivity index is 1.91.